The van der Waals surface area contributed by atoms with Crippen LogP contribution in [0.3, 0.4) is 0 Å². The van der Waals surface area contributed by atoms with E-state index in [9.17, 15) is 4.79 Å². The zero-order valence-electron chi connectivity index (χ0n) is 16.6. The summed E-state index contributed by atoms with van der Waals surface area (Å²) in [7, 11) is 0. The summed E-state index contributed by atoms with van der Waals surface area (Å²) in [6, 6.07) is 10.1. The van der Waals surface area contributed by atoms with Gasteiger partial charge in [0, 0.05) is 44.0 Å². The van der Waals surface area contributed by atoms with Gasteiger partial charge in [-0.25, -0.2) is 4.98 Å². The number of anilines is 3. The molecule has 0 unspecified atom stereocenters. The summed E-state index contributed by atoms with van der Waals surface area (Å²) in [5, 5.41) is 3.34. The van der Waals surface area contributed by atoms with Crippen molar-refractivity contribution < 1.29 is 4.79 Å². The number of amides is 1. The smallest absolute Gasteiger partial charge is 0.227 e. The Morgan fingerprint density at radius 1 is 1.00 bits per heavy atom. The number of carbonyl (C=O) groups excluding carboxylic acids is 1. The highest BCUT2D eigenvalue weighted by molar-refractivity contribution is 5.79. The minimum absolute atomic E-state index is 0.156. The molecule has 2 aliphatic rings. The number of hydrogen-bond acceptors (Lipinski definition) is 5. The third-order valence-corrected chi connectivity index (χ3v) is 5.76. The maximum atomic E-state index is 12.7. The first-order valence-corrected chi connectivity index (χ1v) is 10.4. The maximum Gasteiger partial charge on any atom is 0.227 e. The fourth-order valence-corrected chi connectivity index (χ4v) is 4.05. The summed E-state index contributed by atoms with van der Waals surface area (Å²) in [4.78, 5) is 26.2. The molecule has 2 aromatic rings. The van der Waals surface area contributed by atoms with Gasteiger partial charge in [0.1, 0.15) is 5.82 Å². The van der Waals surface area contributed by atoms with E-state index in [1.165, 1.54) is 12.0 Å². The summed E-state index contributed by atoms with van der Waals surface area (Å²) >= 11 is 0. The third kappa shape index (κ3) is 4.43. The molecule has 148 valence electrons. The minimum Gasteiger partial charge on any atom is -0.342 e. The molecule has 2 fully saturated rings. The third-order valence-electron chi connectivity index (χ3n) is 5.76. The Labute approximate surface area is 167 Å². The Bertz CT molecular complexity index is 793. The van der Waals surface area contributed by atoms with Crippen LogP contribution < -0.4 is 10.2 Å². The molecule has 0 spiro atoms. The Kier molecular flexibility index (Phi) is 5.74. The maximum absolute atomic E-state index is 12.7. The summed E-state index contributed by atoms with van der Waals surface area (Å²) in [6.07, 6.45) is 7.12. The average molecular weight is 380 g/mol. The summed E-state index contributed by atoms with van der Waals surface area (Å²) < 4.78 is 0. The van der Waals surface area contributed by atoms with E-state index >= 15 is 0 Å². The Morgan fingerprint density at radius 2 is 1.71 bits per heavy atom. The number of aryl methyl sites for hydroxylation is 1. The van der Waals surface area contributed by atoms with Crippen LogP contribution in [0.2, 0.25) is 0 Å². The molecule has 6 nitrogen and oxygen atoms in total. The van der Waals surface area contributed by atoms with Crippen molar-refractivity contribution in [2.45, 2.75) is 39.0 Å². The van der Waals surface area contributed by atoms with Crippen molar-refractivity contribution in [1.29, 1.82) is 0 Å². The van der Waals surface area contributed by atoms with Gasteiger partial charge in [0.15, 0.2) is 0 Å². The van der Waals surface area contributed by atoms with Crippen molar-refractivity contribution in [1.82, 2.24) is 14.9 Å². The van der Waals surface area contributed by atoms with Gasteiger partial charge in [-0.15, -0.1) is 0 Å². The highest BCUT2D eigenvalue weighted by Crippen LogP contribution is 2.25. The van der Waals surface area contributed by atoms with Gasteiger partial charge in [0.25, 0.3) is 0 Å². The van der Waals surface area contributed by atoms with Gasteiger partial charge in [-0.05, 0) is 57.2 Å². The molecule has 2 aliphatic heterocycles. The molecule has 1 amide bonds. The number of likely N-dealkylation sites (tertiary alicyclic amines) is 1. The lowest BCUT2D eigenvalue weighted by Gasteiger charge is -2.35. The molecular weight excluding hydrogens is 350 g/mol. The predicted octanol–water partition coefficient (Wildman–Crippen LogP) is 3.76. The van der Waals surface area contributed by atoms with Crippen LogP contribution in [-0.4, -0.2) is 47.0 Å². The molecule has 2 saturated heterocycles. The van der Waals surface area contributed by atoms with Crippen molar-refractivity contribution in [2.24, 2.45) is 5.92 Å². The van der Waals surface area contributed by atoms with Gasteiger partial charge in [-0.1, -0.05) is 17.7 Å². The van der Waals surface area contributed by atoms with Crippen LogP contribution in [0.4, 0.5) is 17.5 Å². The first-order valence-electron chi connectivity index (χ1n) is 10.4. The van der Waals surface area contributed by atoms with Crippen molar-refractivity contribution in [3.63, 3.8) is 0 Å². The number of benzene rings is 1. The predicted molar refractivity (Wildman–Crippen MR) is 112 cm³/mol. The van der Waals surface area contributed by atoms with Crippen molar-refractivity contribution in [2.75, 3.05) is 36.4 Å². The summed E-state index contributed by atoms with van der Waals surface area (Å²) in [5.41, 5.74) is 2.25. The van der Waals surface area contributed by atoms with E-state index in [2.05, 4.69) is 56.3 Å². The zero-order valence-corrected chi connectivity index (χ0v) is 16.6. The van der Waals surface area contributed by atoms with Crippen LogP contribution in [-0.2, 0) is 4.79 Å². The van der Waals surface area contributed by atoms with E-state index in [4.69, 9.17) is 0 Å². The molecule has 28 heavy (non-hydrogen) atoms. The van der Waals surface area contributed by atoms with E-state index < -0.39 is 0 Å². The molecule has 1 N–H and O–H groups in total. The van der Waals surface area contributed by atoms with Gasteiger partial charge in [-0.3, -0.25) is 4.79 Å². The molecule has 4 rings (SSSR count). The largest absolute Gasteiger partial charge is 0.342 e. The first kappa shape index (κ1) is 18.7. The van der Waals surface area contributed by atoms with E-state index in [1.807, 2.05) is 6.07 Å². The van der Waals surface area contributed by atoms with Gasteiger partial charge in [-0.2, -0.15) is 4.98 Å². The lowest BCUT2D eigenvalue weighted by Crippen LogP contribution is -2.44. The molecule has 1 aromatic carbocycles. The molecule has 6 heteroatoms. The van der Waals surface area contributed by atoms with Gasteiger partial charge in [0.2, 0.25) is 11.9 Å². The van der Waals surface area contributed by atoms with Gasteiger partial charge >= 0.3 is 0 Å². The van der Waals surface area contributed by atoms with E-state index in [-0.39, 0.29) is 5.92 Å². The second-order valence-electron chi connectivity index (χ2n) is 7.88. The molecule has 0 aliphatic carbocycles. The lowest BCUT2D eigenvalue weighted by atomic mass is 9.94. The molecule has 0 atom stereocenters. The van der Waals surface area contributed by atoms with Crippen LogP contribution in [0.15, 0.2) is 36.5 Å². The number of nitrogens with one attached hydrogen (secondary N) is 1. The second kappa shape index (κ2) is 8.59. The van der Waals surface area contributed by atoms with Crippen LogP contribution >= 0.6 is 0 Å². The van der Waals surface area contributed by atoms with Crippen molar-refractivity contribution in [3.05, 3.63) is 42.1 Å². The average Bonchev–Trinajstić information content (AvgIpc) is 2.76. The lowest BCUT2D eigenvalue weighted by molar-refractivity contribution is -0.137. The number of nitrogens with zero attached hydrogens (tertiary/aromatic N) is 4. The van der Waals surface area contributed by atoms with Crippen molar-refractivity contribution in [3.8, 4) is 0 Å². The number of rotatable bonds is 4. The van der Waals surface area contributed by atoms with Crippen LogP contribution in [0.5, 0.6) is 0 Å². The van der Waals surface area contributed by atoms with Crippen LogP contribution in [0.25, 0.3) is 0 Å². The Hall–Kier alpha value is -2.63. The number of piperidine rings is 2. The topological polar surface area (TPSA) is 61.4 Å². The number of aromatic nitrogens is 2. The van der Waals surface area contributed by atoms with Crippen LogP contribution in [0.1, 0.15) is 37.7 Å². The van der Waals surface area contributed by atoms with E-state index in [0.29, 0.717) is 5.91 Å². The van der Waals surface area contributed by atoms with E-state index in [1.54, 1.807) is 6.20 Å². The fourth-order valence-electron chi connectivity index (χ4n) is 4.05. The van der Waals surface area contributed by atoms with Gasteiger partial charge in [0.05, 0.1) is 0 Å². The van der Waals surface area contributed by atoms with E-state index in [0.717, 1.165) is 69.3 Å². The van der Waals surface area contributed by atoms with Crippen molar-refractivity contribution >= 4 is 23.4 Å². The first-order chi connectivity index (χ1) is 13.7. The minimum atomic E-state index is 0.156. The standard InChI is InChI=1S/C22H29N5O/c1-17-5-7-19(8-6-17)24-20-9-12-23-22(25-20)27-15-10-18(11-16-27)21(28)26-13-3-2-4-14-26/h5-9,12,18H,2-4,10-11,13-16H2,1H3,(H,23,24,25). The molecular formula is C22H29N5O. The monoisotopic (exact) mass is 379 g/mol. The quantitative estimate of drug-likeness (QED) is 0.876. The molecule has 1 aromatic heterocycles. The summed E-state index contributed by atoms with van der Waals surface area (Å²) in [6.45, 7) is 5.62. The molecule has 0 radical (unpaired) electrons. The van der Waals surface area contributed by atoms with Crippen LogP contribution in [0, 0.1) is 12.8 Å². The second-order valence-corrected chi connectivity index (χ2v) is 7.88. The normalized spacial score (nSPS) is 18.2. The van der Waals surface area contributed by atoms with Gasteiger partial charge < -0.3 is 15.1 Å². The SMILES string of the molecule is Cc1ccc(Nc2ccnc(N3CCC(C(=O)N4CCCCC4)CC3)n2)cc1. The fraction of sp³-hybridized carbons (Fsp3) is 0.500. The highest BCUT2D eigenvalue weighted by atomic mass is 16.2. The zero-order chi connectivity index (χ0) is 19.3. The Balaban J connectivity index is 1.35. The summed E-state index contributed by atoms with van der Waals surface area (Å²) in [5.74, 6) is 2.04. The highest BCUT2D eigenvalue weighted by Gasteiger charge is 2.30. The number of carbonyl (C=O) groups is 1. The Morgan fingerprint density at radius 3 is 2.43 bits per heavy atom. The number of hydrogen-bond donors (Lipinski definition) is 1. The molecule has 3 heterocycles. The molecule has 0 saturated carbocycles. The molecule has 0 bridgehead atoms.